The fraction of sp³-hybridized carbons (Fsp3) is 0.923. The highest BCUT2D eigenvalue weighted by atomic mass is 19.4. The van der Waals surface area contributed by atoms with E-state index in [2.05, 4.69) is 12.2 Å². The van der Waals surface area contributed by atoms with Crippen molar-refractivity contribution in [3.63, 3.8) is 0 Å². The lowest BCUT2D eigenvalue weighted by atomic mass is 9.89. The van der Waals surface area contributed by atoms with Crippen molar-refractivity contribution in [1.29, 1.82) is 0 Å². The van der Waals surface area contributed by atoms with Gasteiger partial charge in [0.2, 0.25) is 0 Å². The Bertz CT molecular complexity index is 307. The summed E-state index contributed by atoms with van der Waals surface area (Å²) in [5, 5.41) is 2.42. The van der Waals surface area contributed by atoms with Gasteiger partial charge in [0.25, 0.3) is 0 Å². The molecule has 3 nitrogen and oxygen atoms in total. The molecule has 0 radical (unpaired) electrons. The van der Waals surface area contributed by atoms with Gasteiger partial charge in [-0.25, -0.2) is 0 Å². The summed E-state index contributed by atoms with van der Waals surface area (Å²) in [5.74, 6) is -0.114. The molecule has 0 spiro atoms. The number of carbonyl (C=O) groups excluding carboxylic acids is 1. The van der Waals surface area contributed by atoms with Crippen molar-refractivity contribution in [3.05, 3.63) is 0 Å². The van der Waals surface area contributed by atoms with E-state index in [1.54, 1.807) is 6.92 Å². The Morgan fingerprint density at radius 2 is 2.05 bits per heavy atom. The van der Waals surface area contributed by atoms with Crippen molar-refractivity contribution in [2.45, 2.75) is 57.7 Å². The van der Waals surface area contributed by atoms with Crippen LogP contribution in [0.3, 0.4) is 0 Å². The monoisotopic (exact) mass is 281 g/mol. The van der Waals surface area contributed by atoms with E-state index in [9.17, 15) is 18.0 Å². The summed E-state index contributed by atoms with van der Waals surface area (Å²) in [6.45, 7) is 2.75. The highest BCUT2D eigenvalue weighted by Crippen LogP contribution is 2.32. The molecule has 0 aliphatic heterocycles. The van der Waals surface area contributed by atoms with E-state index < -0.39 is 24.2 Å². The Balaban J connectivity index is 2.80. The molecule has 0 amide bonds. The number of ether oxygens (including phenoxy) is 1. The minimum atomic E-state index is -4.32. The number of hydrogen-bond acceptors (Lipinski definition) is 3. The van der Waals surface area contributed by atoms with Crippen LogP contribution in [0.15, 0.2) is 0 Å². The van der Waals surface area contributed by atoms with Gasteiger partial charge in [0.05, 0.1) is 13.2 Å². The van der Waals surface area contributed by atoms with Gasteiger partial charge in [-0.1, -0.05) is 19.8 Å². The summed E-state index contributed by atoms with van der Waals surface area (Å²) < 4.78 is 42.2. The third kappa shape index (κ3) is 5.01. The van der Waals surface area contributed by atoms with Crippen LogP contribution in [0.4, 0.5) is 13.2 Å². The van der Waals surface area contributed by atoms with Crippen LogP contribution in [0.1, 0.15) is 46.0 Å². The first-order chi connectivity index (χ1) is 8.79. The SMILES string of the molecule is CCOC(=O)C1(NCC(F)(F)F)CCCC(C)CC1. The Morgan fingerprint density at radius 3 is 2.63 bits per heavy atom. The van der Waals surface area contributed by atoms with E-state index in [0.29, 0.717) is 18.8 Å². The van der Waals surface area contributed by atoms with Crippen LogP contribution in [0, 0.1) is 5.92 Å². The van der Waals surface area contributed by atoms with E-state index in [1.807, 2.05) is 0 Å². The molecule has 0 saturated heterocycles. The fourth-order valence-corrected chi connectivity index (χ4v) is 2.51. The van der Waals surface area contributed by atoms with Crippen LogP contribution >= 0.6 is 0 Å². The molecular weight excluding hydrogens is 259 g/mol. The quantitative estimate of drug-likeness (QED) is 0.636. The zero-order valence-electron chi connectivity index (χ0n) is 11.5. The van der Waals surface area contributed by atoms with Crippen molar-refractivity contribution in [2.24, 2.45) is 5.92 Å². The smallest absolute Gasteiger partial charge is 0.401 e. The van der Waals surface area contributed by atoms with E-state index in [1.165, 1.54) is 0 Å². The Kier molecular flexibility index (Phi) is 5.64. The van der Waals surface area contributed by atoms with Gasteiger partial charge < -0.3 is 4.74 Å². The maximum atomic E-state index is 12.4. The van der Waals surface area contributed by atoms with Gasteiger partial charge in [-0.2, -0.15) is 13.2 Å². The first-order valence-electron chi connectivity index (χ1n) is 6.78. The Labute approximate surface area is 111 Å². The van der Waals surface area contributed by atoms with Gasteiger partial charge in [-0.3, -0.25) is 10.1 Å². The van der Waals surface area contributed by atoms with Gasteiger partial charge >= 0.3 is 12.1 Å². The molecule has 2 unspecified atom stereocenters. The van der Waals surface area contributed by atoms with E-state index >= 15 is 0 Å². The molecule has 0 bridgehead atoms. The summed E-state index contributed by atoms with van der Waals surface area (Å²) >= 11 is 0. The van der Waals surface area contributed by atoms with Crippen LogP contribution in [0.2, 0.25) is 0 Å². The van der Waals surface area contributed by atoms with Gasteiger partial charge in [0, 0.05) is 0 Å². The van der Waals surface area contributed by atoms with E-state index in [4.69, 9.17) is 4.74 Å². The lowest BCUT2D eigenvalue weighted by Crippen LogP contribution is -2.55. The molecule has 1 saturated carbocycles. The molecule has 6 heteroatoms. The number of rotatable bonds is 4. The molecule has 0 aromatic rings. The first-order valence-corrected chi connectivity index (χ1v) is 6.78. The zero-order chi connectivity index (χ0) is 14.5. The third-order valence-corrected chi connectivity index (χ3v) is 3.66. The third-order valence-electron chi connectivity index (χ3n) is 3.66. The second kappa shape index (κ2) is 6.59. The predicted molar refractivity (Wildman–Crippen MR) is 65.7 cm³/mol. The van der Waals surface area contributed by atoms with Gasteiger partial charge in [-0.05, 0) is 32.1 Å². The number of carbonyl (C=O) groups is 1. The molecule has 0 aromatic carbocycles. The molecule has 19 heavy (non-hydrogen) atoms. The lowest BCUT2D eigenvalue weighted by molar-refractivity contribution is -0.156. The summed E-state index contributed by atoms with van der Waals surface area (Å²) in [5.41, 5.74) is -1.17. The van der Waals surface area contributed by atoms with Crippen LogP contribution in [0.5, 0.6) is 0 Å². The molecule has 1 N–H and O–H groups in total. The van der Waals surface area contributed by atoms with Crippen molar-refractivity contribution in [2.75, 3.05) is 13.2 Å². The fourth-order valence-electron chi connectivity index (χ4n) is 2.51. The number of esters is 1. The van der Waals surface area contributed by atoms with Gasteiger partial charge in [-0.15, -0.1) is 0 Å². The maximum Gasteiger partial charge on any atom is 0.401 e. The topological polar surface area (TPSA) is 38.3 Å². The molecule has 0 aromatic heterocycles. The summed E-state index contributed by atoms with van der Waals surface area (Å²) in [4.78, 5) is 12.0. The number of halogens is 3. The normalized spacial score (nSPS) is 28.8. The van der Waals surface area contributed by atoms with Crippen molar-refractivity contribution < 1.29 is 22.7 Å². The minimum Gasteiger partial charge on any atom is -0.465 e. The van der Waals surface area contributed by atoms with E-state index in [-0.39, 0.29) is 6.61 Å². The standard InChI is InChI=1S/C13H22F3NO2/c1-3-19-11(18)12(17-9-13(14,15)16)7-4-5-10(2)6-8-12/h10,17H,3-9H2,1-2H3. The lowest BCUT2D eigenvalue weighted by Gasteiger charge is -2.32. The largest absolute Gasteiger partial charge is 0.465 e. The molecule has 1 aliphatic rings. The average molecular weight is 281 g/mol. The summed E-state index contributed by atoms with van der Waals surface area (Å²) in [6, 6.07) is 0. The van der Waals surface area contributed by atoms with Crippen molar-refractivity contribution >= 4 is 5.97 Å². The highest BCUT2D eigenvalue weighted by Gasteiger charge is 2.43. The number of hydrogen-bond donors (Lipinski definition) is 1. The van der Waals surface area contributed by atoms with E-state index in [0.717, 1.165) is 19.3 Å². The highest BCUT2D eigenvalue weighted by molar-refractivity contribution is 5.81. The van der Waals surface area contributed by atoms with Crippen molar-refractivity contribution in [3.8, 4) is 0 Å². The molecule has 2 atom stereocenters. The zero-order valence-corrected chi connectivity index (χ0v) is 11.5. The molecule has 1 aliphatic carbocycles. The molecular formula is C13H22F3NO2. The first kappa shape index (κ1) is 16.3. The summed E-state index contributed by atoms with van der Waals surface area (Å²) in [7, 11) is 0. The second-order valence-electron chi connectivity index (χ2n) is 5.31. The number of alkyl halides is 3. The maximum absolute atomic E-state index is 12.4. The minimum absolute atomic E-state index is 0.184. The molecule has 1 fully saturated rings. The molecule has 1 rings (SSSR count). The summed E-state index contributed by atoms with van der Waals surface area (Å²) in [6.07, 6.45) is -1.09. The average Bonchev–Trinajstić information content (AvgIpc) is 2.49. The molecule has 0 heterocycles. The van der Waals surface area contributed by atoms with Crippen LogP contribution < -0.4 is 5.32 Å². The van der Waals surface area contributed by atoms with Crippen LogP contribution in [-0.2, 0) is 9.53 Å². The molecule has 112 valence electrons. The van der Waals surface area contributed by atoms with Crippen LogP contribution in [-0.4, -0.2) is 30.8 Å². The van der Waals surface area contributed by atoms with Crippen LogP contribution in [0.25, 0.3) is 0 Å². The Morgan fingerprint density at radius 1 is 1.37 bits per heavy atom. The number of nitrogens with one attached hydrogen (secondary N) is 1. The predicted octanol–water partition coefficient (Wildman–Crippen LogP) is 3.04. The van der Waals surface area contributed by atoms with Crippen molar-refractivity contribution in [1.82, 2.24) is 5.32 Å². The van der Waals surface area contributed by atoms with Gasteiger partial charge in [0.1, 0.15) is 5.54 Å². The Hall–Kier alpha value is -0.780. The van der Waals surface area contributed by atoms with Gasteiger partial charge in [0.15, 0.2) is 0 Å². The second-order valence-corrected chi connectivity index (χ2v) is 5.31.